The predicted octanol–water partition coefficient (Wildman–Crippen LogP) is 3.05. The Morgan fingerprint density at radius 3 is 2.48 bits per heavy atom. The maximum absolute atomic E-state index is 10.0. The first kappa shape index (κ1) is 20.4. The Labute approximate surface area is 189 Å². The molecule has 1 atom stereocenters. The molecule has 3 aromatic rings. The summed E-state index contributed by atoms with van der Waals surface area (Å²) < 4.78 is 33.2. The summed E-state index contributed by atoms with van der Waals surface area (Å²) in [7, 11) is 4.61. The third-order valence-electron chi connectivity index (χ3n) is 5.65. The van der Waals surface area contributed by atoms with Crippen LogP contribution in [0.4, 0.5) is 0 Å². The van der Waals surface area contributed by atoms with E-state index in [1.165, 1.54) is 21.3 Å². The highest BCUT2D eigenvalue weighted by Crippen LogP contribution is 2.50. The van der Waals surface area contributed by atoms with Gasteiger partial charge in [-0.1, -0.05) is 0 Å². The minimum Gasteiger partial charge on any atom is -0.496 e. The summed E-state index contributed by atoms with van der Waals surface area (Å²) in [5.74, 6) is 2.31. The predicted molar refractivity (Wildman–Crippen MR) is 116 cm³/mol. The highest BCUT2D eigenvalue weighted by Gasteiger charge is 2.38. The van der Waals surface area contributed by atoms with E-state index < -0.39 is 5.92 Å². The van der Waals surface area contributed by atoms with E-state index in [4.69, 9.17) is 34.2 Å². The maximum atomic E-state index is 10.0. The molecule has 0 fully saturated rings. The van der Waals surface area contributed by atoms with Crippen LogP contribution in [-0.2, 0) is 0 Å². The fourth-order valence-electron chi connectivity index (χ4n) is 4.11. The lowest BCUT2D eigenvalue weighted by molar-refractivity contribution is 0.174. The summed E-state index contributed by atoms with van der Waals surface area (Å²) in [6.07, 6.45) is 0. The van der Waals surface area contributed by atoms with Crippen molar-refractivity contribution < 1.29 is 28.4 Å². The number of methoxy groups -OCH3 is 3. The quantitative estimate of drug-likeness (QED) is 0.604. The van der Waals surface area contributed by atoms with Gasteiger partial charge in [-0.15, -0.1) is 5.10 Å². The van der Waals surface area contributed by atoms with Gasteiger partial charge in [0.25, 0.3) is 0 Å². The molecule has 2 aliphatic rings. The zero-order valence-corrected chi connectivity index (χ0v) is 18.1. The van der Waals surface area contributed by atoms with Gasteiger partial charge in [-0.05, 0) is 24.3 Å². The Hall–Kier alpha value is -4.52. The first-order chi connectivity index (χ1) is 16.1. The van der Waals surface area contributed by atoms with E-state index in [1.54, 1.807) is 12.1 Å². The molecule has 0 saturated carbocycles. The van der Waals surface area contributed by atoms with Crippen LogP contribution in [0, 0.1) is 11.3 Å². The lowest BCUT2D eigenvalue weighted by Crippen LogP contribution is -2.21. The molecule has 10 nitrogen and oxygen atoms in total. The van der Waals surface area contributed by atoms with E-state index >= 15 is 0 Å². The van der Waals surface area contributed by atoms with Gasteiger partial charge in [0.05, 0.1) is 38.5 Å². The molecule has 5 rings (SSSR count). The Kier molecular flexibility index (Phi) is 4.86. The van der Waals surface area contributed by atoms with Crippen molar-refractivity contribution in [1.29, 1.82) is 5.26 Å². The highest BCUT2D eigenvalue weighted by atomic mass is 16.7. The van der Waals surface area contributed by atoms with Crippen molar-refractivity contribution in [2.24, 2.45) is 5.73 Å². The van der Waals surface area contributed by atoms with Gasteiger partial charge in [-0.2, -0.15) is 5.26 Å². The fraction of sp³-hybridized carbons (Fsp3) is 0.217. The molecule has 3 heterocycles. The Morgan fingerprint density at radius 1 is 1.03 bits per heavy atom. The first-order valence-corrected chi connectivity index (χ1v) is 9.95. The highest BCUT2D eigenvalue weighted by molar-refractivity contribution is 5.74. The van der Waals surface area contributed by atoms with Crippen LogP contribution in [0.1, 0.15) is 17.0 Å². The number of hydrogen-bond donors (Lipinski definition) is 2. The van der Waals surface area contributed by atoms with Gasteiger partial charge in [0.15, 0.2) is 23.0 Å². The number of hydrogen-bond acceptors (Lipinski definition) is 9. The minimum absolute atomic E-state index is 0.0319. The standard InChI is InChI=1S/C23H20N4O6/c1-28-15-8-17(30-3)16(29-2)7-12(15)19-13(9-24)22(25)33-23-20(19)21(26-27-23)11-4-5-14-18(6-11)32-10-31-14/h4-8,19H,10,25H2,1-3H3,(H,26,27). The third-order valence-corrected chi connectivity index (χ3v) is 5.65. The topological polar surface area (TPSA) is 134 Å². The average molecular weight is 448 g/mol. The molecule has 2 aliphatic heterocycles. The van der Waals surface area contributed by atoms with Crippen molar-refractivity contribution in [3.05, 3.63) is 52.9 Å². The van der Waals surface area contributed by atoms with Crippen LogP contribution in [0.5, 0.6) is 34.6 Å². The lowest BCUT2D eigenvalue weighted by Gasteiger charge is -2.26. The number of ether oxygens (including phenoxy) is 6. The minimum atomic E-state index is -0.646. The number of H-pyrrole nitrogens is 1. The third kappa shape index (κ3) is 3.13. The van der Waals surface area contributed by atoms with Crippen LogP contribution in [0.2, 0.25) is 0 Å². The van der Waals surface area contributed by atoms with E-state index in [9.17, 15) is 5.26 Å². The molecule has 0 bridgehead atoms. The smallest absolute Gasteiger partial charge is 0.244 e. The van der Waals surface area contributed by atoms with Crippen molar-refractivity contribution in [3.8, 4) is 52.0 Å². The number of rotatable bonds is 5. The number of nitrogens with one attached hydrogen (secondary N) is 1. The molecular weight excluding hydrogens is 428 g/mol. The molecule has 0 radical (unpaired) electrons. The van der Waals surface area contributed by atoms with Gasteiger partial charge in [0.2, 0.25) is 18.6 Å². The van der Waals surface area contributed by atoms with E-state index in [0.717, 1.165) is 5.56 Å². The van der Waals surface area contributed by atoms with Gasteiger partial charge < -0.3 is 34.2 Å². The van der Waals surface area contributed by atoms with Gasteiger partial charge >= 0.3 is 0 Å². The van der Waals surface area contributed by atoms with Crippen molar-refractivity contribution >= 4 is 0 Å². The van der Waals surface area contributed by atoms with Gasteiger partial charge in [0, 0.05) is 17.2 Å². The lowest BCUT2D eigenvalue weighted by atomic mass is 9.82. The number of nitriles is 1. The molecular formula is C23H20N4O6. The van der Waals surface area contributed by atoms with E-state index in [-0.39, 0.29) is 24.1 Å². The summed E-state index contributed by atoms with van der Waals surface area (Å²) in [6.45, 7) is 0.159. The second kappa shape index (κ2) is 7.87. The van der Waals surface area contributed by atoms with E-state index in [1.807, 2.05) is 18.2 Å². The monoisotopic (exact) mass is 448 g/mol. The normalized spacial score (nSPS) is 16.0. The van der Waals surface area contributed by atoms with Crippen LogP contribution in [-0.4, -0.2) is 38.3 Å². The fourth-order valence-corrected chi connectivity index (χ4v) is 4.11. The summed E-state index contributed by atoms with van der Waals surface area (Å²) in [5.41, 5.74) is 9.03. The van der Waals surface area contributed by atoms with Crippen LogP contribution < -0.4 is 34.2 Å². The van der Waals surface area contributed by atoms with Gasteiger partial charge in [0.1, 0.15) is 17.4 Å². The summed E-state index contributed by atoms with van der Waals surface area (Å²) in [5, 5.41) is 17.3. The Morgan fingerprint density at radius 2 is 1.76 bits per heavy atom. The van der Waals surface area contributed by atoms with E-state index in [2.05, 4.69) is 16.3 Å². The Bertz CT molecular complexity index is 1320. The second-order valence-corrected chi connectivity index (χ2v) is 7.26. The average Bonchev–Trinajstić information content (AvgIpc) is 3.48. The van der Waals surface area contributed by atoms with Crippen molar-refractivity contribution in [2.45, 2.75) is 5.92 Å². The molecule has 168 valence electrons. The molecule has 0 amide bonds. The van der Waals surface area contributed by atoms with Crippen LogP contribution in [0.3, 0.4) is 0 Å². The molecule has 1 aromatic heterocycles. The number of aromatic nitrogens is 2. The first-order valence-electron chi connectivity index (χ1n) is 9.95. The summed E-state index contributed by atoms with van der Waals surface area (Å²) in [6, 6.07) is 11.2. The molecule has 2 aromatic carbocycles. The van der Waals surface area contributed by atoms with Crippen molar-refractivity contribution in [1.82, 2.24) is 10.2 Å². The number of benzene rings is 2. The number of aromatic amines is 1. The van der Waals surface area contributed by atoms with Crippen molar-refractivity contribution in [2.75, 3.05) is 28.1 Å². The van der Waals surface area contributed by atoms with E-state index in [0.29, 0.717) is 45.6 Å². The maximum Gasteiger partial charge on any atom is 0.244 e. The number of nitrogens with two attached hydrogens (primary N) is 1. The van der Waals surface area contributed by atoms with Crippen LogP contribution in [0.25, 0.3) is 11.3 Å². The number of allylic oxidation sites excluding steroid dienone is 1. The molecule has 1 unspecified atom stereocenters. The second-order valence-electron chi connectivity index (χ2n) is 7.26. The largest absolute Gasteiger partial charge is 0.496 e. The number of nitrogens with zero attached hydrogens (tertiary/aromatic N) is 2. The van der Waals surface area contributed by atoms with Gasteiger partial charge in [-0.25, -0.2) is 0 Å². The molecule has 0 spiro atoms. The molecule has 3 N–H and O–H groups in total. The Balaban J connectivity index is 1.74. The van der Waals surface area contributed by atoms with Crippen LogP contribution in [0.15, 0.2) is 41.8 Å². The van der Waals surface area contributed by atoms with Crippen LogP contribution >= 0.6 is 0 Å². The molecule has 33 heavy (non-hydrogen) atoms. The zero-order chi connectivity index (χ0) is 23.1. The summed E-state index contributed by atoms with van der Waals surface area (Å²) >= 11 is 0. The molecule has 10 heteroatoms. The van der Waals surface area contributed by atoms with Gasteiger partial charge in [-0.3, -0.25) is 5.10 Å². The van der Waals surface area contributed by atoms with Crippen molar-refractivity contribution in [3.63, 3.8) is 0 Å². The molecule has 0 saturated heterocycles. The SMILES string of the molecule is COc1cc(OC)c(C2C(C#N)=C(N)Oc3n[nH]c(-c4ccc5c(c4)OCO5)c32)cc1OC. The molecule has 0 aliphatic carbocycles. The number of fused-ring (bicyclic) bond motifs is 2. The summed E-state index contributed by atoms with van der Waals surface area (Å²) in [4.78, 5) is 0. The zero-order valence-electron chi connectivity index (χ0n) is 18.1.